The second-order valence-corrected chi connectivity index (χ2v) is 7.56. The summed E-state index contributed by atoms with van der Waals surface area (Å²) in [7, 11) is 0. The van der Waals surface area contributed by atoms with E-state index < -0.39 is 0 Å². The zero-order valence-electron chi connectivity index (χ0n) is 14.7. The van der Waals surface area contributed by atoms with Crippen molar-refractivity contribution in [2.24, 2.45) is 5.10 Å². The standard InChI is InChI=1S/C21H21N3OS/c1-2-6-18(20-9-5-12-26-20)23-24-21(25)16-13-19(14-10-11-14)22-17-8-4-3-7-15(16)17/h3-5,7-9,12-14H,2,6,10-11H2,1H3,(H,24,25)/b23-18-. The summed E-state index contributed by atoms with van der Waals surface area (Å²) in [4.78, 5) is 18.7. The van der Waals surface area contributed by atoms with Crippen LogP contribution in [0.3, 0.4) is 0 Å². The number of para-hydroxylation sites is 1. The lowest BCUT2D eigenvalue weighted by molar-refractivity contribution is 0.0956. The van der Waals surface area contributed by atoms with Crippen LogP contribution < -0.4 is 5.43 Å². The van der Waals surface area contributed by atoms with Gasteiger partial charge in [-0.25, -0.2) is 5.43 Å². The van der Waals surface area contributed by atoms with Crippen molar-refractivity contribution in [2.75, 3.05) is 0 Å². The normalized spacial score (nSPS) is 14.6. The van der Waals surface area contributed by atoms with Gasteiger partial charge < -0.3 is 0 Å². The Kier molecular flexibility index (Phi) is 4.80. The van der Waals surface area contributed by atoms with Gasteiger partial charge in [-0.05, 0) is 42.8 Å². The lowest BCUT2D eigenvalue weighted by atomic mass is 10.1. The Morgan fingerprint density at radius 1 is 1.27 bits per heavy atom. The van der Waals surface area contributed by atoms with E-state index in [0.717, 1.165) is 52.9 Å². The van der Waals surface area contributed by atoms with Gasteiger partial charge in [0.15, 0.2) is 0 Å². The highest BCUT2D eigenvalue weighted by atomic mass is 32.1. The number of nitrogens with zero attached hydrogens (tertiary/aromatic N) is 2. The molecule has 1 aliphatic carbocycles. The zero-order chi connectivity index (χ0) is 17.9. The first-order valence-corrected chi connectivity index (χ1v) is 9.94. The van der Waals surface area contributed by atoms with Crippen molar-refractivity contribution in [1.29, 1.82) is 0 Å². The summed E-state index contributed by atoms with van der Waals surface area (Å²) >= 11 is 1.64. The number of nitrogens with one attached hydrogen (secondary N) is 1. The molecule has 0 bridgehead atoms. The number of aromatic nitrogens is 1. The van der Waals surface area contributed by atoms with Gasteiger partial charge in [0, 0.05) is 17.0 Å². The molecule has 2 aromatic heterocycles. The molecule has 1 fully saturated rings. The predicted octanol–water partition coefficient (Wildman–Crippen LogP) is 5.11. The molecule has 0 atom stereocenters. The number of thiophene rings is 1. The molecular weight excluding hydrogens is 342 g/mol. The van der Waals surface area contributed by atoms with Crippen LogP contribution in [0.5, 0.6) is 0 Å². The lowest BCUT2D eigenvalue weighted by Gasteiger charge is -2.09. The Morgan fingerprint density at radius 3 is 2.85 bits per heavy atom. The fourth-order valence-corrected chi connectivity index (χ4v) is 3.81. The molecule has 1 N–H and O–H groups in total. The number of carbonyl (C=O) groups is 1. The van der Waals surface area contributed by atoms with Crippen LogP contribution >= 0.6 is 11.3 Å². The summed E-state index contributed by atoms with van der Waals surface area (Å²) in [6.45, 7) is 2.11. The maximum absolute atomic E-state index is 12.9. The van der Waals surface area contributed by atoms with Gasteiger partial charge in [-0.15, -0.1) is 11.3 Å². The van der Waals surface area contributed by atoms with Crippen molar-refractivity contribution < 1.29 is 4.79 Å². The number of amides is 1. The largest absolute Gasteiger partial charge is 0.272 e. The third-order valence-electron chi connectivity index (χ3n) is 4.56. The number of hydrogen-bond donors (Lipinski definition) is 1. The van der Waals surface area contributed by atoms with E-state index in [1.165, 1.54) is 0 Å². The Labute approximate surface area is 157 Å². The van der Waals surface area contributed by atoms with Crippen molar-refractivity contribution in [2.45, 2.75) is 38.5 Å². The average molecular weight is 363 g/mol. The fourth-order valence-electron chi connectivity index (χ4n) is 3.06. The highest BCUT2D eigenvalue weighted by molar-refractivity contribution is 7.12. The maximum Gasteiger partial charge on any atom is 0.272 e. The van der Waals surface area contributed by atoms with E-state index in [9.17, 15) is 4.79 Å². The molecule has 1 saturated carbocycles. The molecule has 0 unspecified atom stereocenters. The van der Waals surface area contributed by atoms with Crippen LogP contribution in [0.2, 0.25) is 0 Å². The number of carbonyl (C=O) groups excluding carboxylic acids is 1. The molecule has 1 aromatic carbocycles. The summed E-state index contributed by atoms with van der Waals surface area (Å²) in [6.07, 6.45) is 4.13. The van der Waals surface area contributed by atoms with Crippen molar-refractivity contribution >= 4 is 33.9 Å². The van der Waals surface area contributed by atoms with Gasteiger partial charge in [0.1, 0.15) is 0 Å². The van der Waals surface area contributed by atoms with Gasteiger partial charge in [0.25, 0.3) is 5.91 Å². The third kappa shape index (κ3) is 3.53. The lowest BCUT2D eigenvalue weighted by Crippen LogP contribution is -2.20. The molecule has 26 heavy (non-hydrogen) atoms. The molecular formula is C21H21N3OS. The molecule has 4 nitrogen and oxygen atoms in total. The van der Waals surface area contributed by atoms with Gasteiger partial charge in [0.05, 0.1) is 21.7 Å². The molecule has 132 valence electrons. The SMILES string of the molecule is CCC/C(=N/NC(=O)c1cc(C2CC2)nc2ccccc12)c1cccs1. The van der Waals surface area contributed by atoms with E-state index in [1.807, 2.05) is 47.8 Å². The number of hydrazone groups is 1. The second kappa shape index (κ2) is 7.38. The average Bonchev–Trinajstić information content (AvgIpc) is 3.38. The topological polar surface area (TPSA) is 54.4 Å². The summed E-state index contributed by atoms with van der Waals surface area (Å²) in [5.41, 5.74) is 6.25. The predicted molar refractivity (Wildman–Crippen MR) is 107 cm³/mol. The van der Waals surface area contributed by atoms with Crippen LogP contribution in [-0.2, 0) is 0 Å². The zero-order valence-corrected chi connectivity index (χ0v) is 15.6. The summed E-state index contributed by atoms with van der Waals surface area (Å²) in [6, 6.07) is 13.8. The first kappa shape index (κ1) is 16.9. The molecule has 0 spiro atoms. The molecule has 4 rings (SSSR count). The number of rotatable bonds is 6. The Balaban J connectivity index is 1.66. The fraction of sp³-hybridized carbons (Fsp3) is 0.286. The van der Waals surface area contributed by atoms with Crippen LogP contribution in [0.4, 0.5) is 0 Å². The summed E-state index contributed by atoms with van der Waals surface area (Å²) < 4.78 is 0. The van der Waals surface area contributed by atoms with E-state index in [2.05, 4.69) is 17.5 Å². The van der Waals surface area contributed by atoms with E-state index in [4.69, 9.17) is 4.98 Å². The maximum atomic E-state index is 12.9. The molecule has 3 aromatic rings. The number of pyridine rings is 1. The number of fused-ring (bicyclic) bond motifs is 1. The Morgan fingerprint density at radius 2 is 2.12 bits per heavy atom. The molecule has 1 aliphatic rings. The number of hydrogen-bond acceptors (Lipinski definition) is 4. The van der Waals surface area contributed by atoms with E-state index in [0.29, 0.717) is 11.5 Å². The highest BCUT2D eigenvalue weighted by Gasteiger charge is 2.26. The second-order valence-electron chi connectivity index (χ2n) is 6.61. The van der Waals surface area contributed by atoms with E-state index >= 15 is 0 Å². The van der Waals surface area contributed by atoms with Gasteiger partial charge in [0.2, 0.25) is 0 Å². The molecule has 1 amide bonds. The van der Waals surface area contributed by atoms with Crippen LogP contribution in [-0.4, -0.2) is 16.6 Å². The van der Waals surface area contributed by atoms with Gasteiger partial charge in [-0.3, -0.25) is 9.78 Å². The summed E-state index contributed by atoms with van der Waals surface area (Å²) in [5, 5.41) is 7.34. The highest BCUT2D eigenvalue weighted by Crippen LogP contribution is 2.40. The van der Waals surface area contributed by atoms with Crippen LogP contribution in [0.15, 0.2) is 52.9 Å². The smallest absolute Gasteiger partial charge is 0.267 e. The van der Waals surface area contributed by atoms with Gasteiger partial charge in [-0.1, -0.05) is 37.6 Å². The van der Waals surface area contributed by atoms with E-state index in [1.54, 1.807) is 11.3 Å². The van der Waals surface area contributed by atoms with Crippen molar-refractivity contribution in [3.63, 3.8) is 0 Å². The molecule has 0 saturated heterocycles. The van der Waals surface area contributed by atoms with Gasteiger partial charge in [-0.2, -0.15) is 5.10 Å². The minimum Gasteiger partial charge on any atom is -0.267 e. The van der Waals surface area contributed by atoms with Crippen molar-refractivity contribution in [3.8, 4) is 0 Å². The van der Waals surface area contributed by atoms with Gasteiger partial charge >= 0.3 is 0 Å². The third-order valence-corrected chi connectivity index (χ3v) is 5.48. The van der Waals surface area contributed by atoms with Crippen LogP contribution in [0, 0.1) is 0 Å². The van der Waals surface area contributed by atoms with Crippen molar-refractivity contribution in [1.82, 2.24) is 10.4 Å². The minimum atomic E-state index is -0.171. The minimum absolute atomic E-state index is 0.171. The molecule has 0 radical (unpaired) electrons. The number of benzene rings is 1. The molecule has 2 heterocycles. The monoisotopic (exact) mass is 363 g/mol. The van der Waals surface area contributed by atoms with Crippen molar-refractivity contribution in [3.05, 3.63) is 64.0 Å². The molecule has 0 aliphatic heterocycles. The Hall–Kier alpha value is -2.53. The summed E-state index contributed by atoms with van der Waals surface area (Å²) in [5.74, 6) is 0.326. The quantitative estimate of drug-likeness (QED) is 0.489. The first-order valence-electron chi connectivity index (χ1n) is 9.06. The molecule has 5 heteroatoms. The Bertz CT molecular complexity index is 959. The van der Waals surface area contributed by atoms with Crippen LogP contribution in [0.25, 0.3) is 10.9 Å². The first-order chi connectivity index (χ1) is 12.8. The van der Waals surface area contributed by atoms with Crippen LogP contribution in [0.1, 0.15) is 59.5 Å². The van der Waals surface area contributed by atoms with E-state index in [-0.39, 0.29) is 5.91 Å².